The zero-order valence-electron chi connectivity index (χ0n) is 42.1. The van der Waals surface area contributed by atoms with Gasteiger partial charge in [0.15, 0.2) is 5.82 Å². The van der Waals surface area contributed by atoms with E-state index in [4.69, 9.17) is 9.97 Å². The van der Waals surface area contributed by atoms with Crippen molar-refractivity contribution in [2.24, 2.45) is 0 Å². The van der Waals surface area contributed by atoms with Gasteiger partial charge in [-0.25, -0.2) is 9.97 Å². The van der Waals surface area contributed by atoms with Crippen molar-refractivity contribution < 1.29 is 0 Å². The summed E-state index contributed by atoms with van der Waals surface area (Å²) in [5, 5.41) is 10.8. The van der Waals surface area contributed by atoms with Crippen LogP contribution in [0.25, 0.3) is 76.6 Å². The van der Waals surface area contributed by atoms with E-state index in [1.54, 1.807) is 0 Å². The molecule has 2 aliphatic rings. The van der Waals surface area contributed by atoms with Gasteiger partial charge < -0.3 is 9.80 Å². The van der Waals surface area contributed by atoms with Crippen LogP contribution < -0.4 is 26.2 Å². The van der Waals surface area contributed by atoms with Crippen LogP contribution in [0, 0.1) is 0 Å². The predicted molar refractivity (Wildman–Crippen MR) is 312 cm³/mol. The summed E-state index contributed by atoms with van der Waals surface area (Å²) in [5.41, 5.74) is 17.1. The molecule has 3 heterocycles. The maximum absolute atomic E-state index is 5.58. The summed E-state index contributed by atoms with van der Waals surface area (Å²) in [6.45, 7) is 13.7. The standard InChI is InChI=1S/C68H53BN4/c1-67(2,3)50-26-30-52(31-27-50)72-60-40-49(63-54-22-14-15-23-59(54)70-66(71-63)42-16-8-7-9-17-42)41-61-62(60)69(57-34-24-47-36-43-18-10-12-20-45(43)38-55(47)64(57)72)58-35-25-48-37-44-19-11-13-21-46(44)39-56(48)65(58)73(61)53-32-28-51(29-33-53)68(4,5)6/h7-41H,1-6H3. The lowest BCUT2D eigenvalue weighted by Crippen LogP contribution is -2.61. The first-order valence-corrected chi connectivity index (χ1v) is 25.7. The van der Waals surface area contributed by atoms with Gasteiger partial charge in [0, 0.05) is 61.4 Å². The van der Waals surface area contributed by atoms with Crippen molar-refractivity contribution in [3.63, 3.8) is 0 Å². The molecule has 0 fully saturated rings. The summed E-state index contributed by atoms with van der Waals surface area (Å²) >= 11 is 0. The fourth-order valence-corrected chi connectivity index (χ4v) is 11.9. The molecule has 0 saturated carbocycles. The molecule has 0 spiro atoms. The Bertz CT molecular complexity index is 4010. The number of anilines is 6. The molecule has 1 aromatic heterocycles. The van der Waals surface area contributed by atoms with E-state index in [0.717, 1.165) is 50.5 Å². The zero-order valence-corrected chi connectivity index (χ0v) is 42.1. The van der Waals surface area contributed by atoms with E-state index in [-0.39, 0.29) is 17.5 Å². The highest BCUT2D eigenvalue weighted by Crippen LogP contribution is 2.50. The molecule has 0 N–H and O–H groups in total. The minimum absolute atomic E-state index is 0.0144. The minimum atomic E-state index is -0.104. The number of fused-ring (bicyclic) bond motifs is 11. The largest absolute Gasteiger partial charge is 0.311 e. The van der Waals surface area contributed by atoms with Crippen molar-refractivity contribution in [3.05, 3.63) is 223 Å². The quantitative estimate of drug-likeness (QED) is 0.130. The van der Waals surface area contributed by atoms with Gasteiger partial charge in [-0.05, 0) is 137 Å². The second kappa shape index (κ2) is 16.0. The van der Waals surface area contributed by atoms with Gasteiger partial charge in [-0.3, -0.25) is 0 Å². The van der Waals surface area contributed by atoms with Crippen LogP contribution in [0.15, 0.2) is 212 Å². The van der Waals surface area contributed by atoms with Gasteiger partial charge in [-0.2, -0.15) is 0 Å². The Kier molecular flexibility index (Phi) is 9.47. The Morgan fingerprint density at radius 1 is 0.370 bits per heavy atom. The van der Waals surface area contributed by atoms with Gasteiger partial charge in [0.1, 0.15) is 0 Å². The van der Waals surface area contributed by atoms with E-state index in [9.17, 15) is 0 Å². The van der Waals surface area contributed by atoms with Crippen LogP contribution in [0.3, 0.4) is 0 Å². The number of hydrogen-bond acceptors (Lipinski definition) is 4. The van der Waals surface area contributed by atoms with Crippen LogP contribution in [0.2, 0.25) is 0 Å². The number of para-hydroxylation sites is 1. The normalized spacial score (nSPS) is 13.3. The van der Waals surface area contributed by atoms with Crippen LogP contribution in [0.1, 0.15) is 52.7 Å². The molecule has 0 atom stereocenters. The highest BCUT2D eigenvalue weighted by atomic mass is 15.2. The molecular weight excluding hydrogens is 884 g/mol. The van der Waals surface area contributed by atoms with Crippen LogP contribution >= 0.6 is 0 Å². The van der Waals surface area contributed by atoms with Gasteiger partial charge in [-0.1, -0.05) is 187 Å². The van der Waals surface area contributed by atoms with Crippen molar-refractivity contribution in [2.45, 2.75) is 52.4 Å². The number of rotatable bonds is 4. The first kappa shape index (κ1) is 43.3. The number of aromatic nitrogens is 2. The first-order valence-electron chi connectivity index (χ1n) is 25.7. The highest BCUT2D eigenvalue weighted by molar-refractivity contribution is 7.00. The van der Waals surface area contributed by atoms with Crippen LogP contribution in [0.4, 0.5) is 34.1 Å². The third-order valence-electron chi connectivity index (χ3n) is 15.6. The molecule has 0 bridgehead atoms. The Morgan fingerprint density at radius 2 is 0.822 bits per heavy atom. The average molecular weight is 937 g/mol. The molecule has 14 rings (SSSR count). The highest BCUT2D eigenvalue weighted by Gasteiger charge is 2.45. The SMILES string of the molecule is CC(C)(C)c1ccc(N2c3cc(-c4nc(-c5ccccc5)nc5ccccc45)cc4c3B(c3ccc5cc6ccccc6cc5c32)c2ccc3cc5ccccc5cc3c2N4c2ccc(C(C)(C)C)cc2)cc1. The molecule has 0 radical (unpaired) electrons. The molecule has 2 aliphatic heterocycles. The van der Waals surface area contributed by atoms with Gasteiger partial charge >= 0.3 is 0 Å². The number of benzene rings is 11. The molecule has 0 amide bonds. The molecule has 4 nitrogen and oxygen atoms in total. The fourth-order valence-electron chi connectivity index (χ4n) is 11.9. The van der Waals surface area contributed by atoms with Gasteiger partial charge in [0.2, 0.25) is 0 Å². The lowest BCUT2D eigenvalue weighted by Gasteiger charge is -2.45. The van der Waals surface area contributed by atoms with Crippen molar-refractivity contribution >= 4 is 111 Å². The van der Waals surface area contributed by atoms with E-state index in [2.05, 4.69) is 264 Å². The Balaban J connectivity index is 1.16. The van der Waals surface area contributed by atoms with Crippen LogP contribution in [-0.4, -0.2) is 16.7 Å². The molecule has 5 heteroatoms. The monoisotopic (exact) mass is 936 g/mol. The van der Waals surface area contributed by atoms with Crippen molar-refractivity contribution in [1.29, 1.82) is 0 Å². The molecule has 11 aromatic carbocycles. The maximum atomic E-state index is 5.58. The first-order chi connectivity index (χ1) is 35.4. The van der Waals surface area contributed by atoms with Crippen LogP contribution in [-0.2, 0) is 10.8 Å². The van der Waals surface area contributed by atoms with Crippen LogP contribution in [0.5, 0.6) is 0 Å². The average Bonchev–Trinajstić information content (AvgIpc) is 3.41. The van der Waals surface area contributed by atoms with Crippen molar-refractivity contribution in [1.82, 2.24) is 9.97 Å². The predicted octanol–water partition coefficient (Wildman–Crippen LogP) is 16.3. The summed E-state index contributed by atoms with van der Waals surface area (Å²) in [7, 11) is 0. The van der Waals surface area contributed by atoms with E-state index in [1.165, 1.54) is 82.0 Å². The number of hydrogen-bond donors (Lipinski definition) is 0. The maximum Gasteiger partial charge on any atom is 0.252 e. The lowest BCUT2D eigenvalue weighted by molar-refractivity contribution is 0.590. The molecule has 0 aliphatic carbocycles. The zero-order chi connectivity index (χ0) is 49.3. The summed E-state index contributed by atoms with van der Waals surface area (Å²) in [6, 6.07) is 79.2. The topological polar surface area (TPSA) is 32.3 Å². The second-order valence-electron chi connectivity index (χ2n) is 22.3. The van der Waals surface area contributed by atoms with Gasteiger partial charge in [0.25, 0.3) is 6.71 Å². The van der Waals surface area contributed by atoms with Crippen molar-refractivity contribution in [3.8, 4) is 22.6 Å². The minimum Gasteiger partial charge on any atom is -0.311 e. The fraction of sp³-hybridized carbons (Fsp3) is 0.118. The molecule has 73 heavy (non-hydrogen) atoms. The third kappa shape index (κ3) is 6.90. The number of nitrogens with zero attached hydrogens (tertiary/aromatic N) is 4. The molecule has 12 aromatic rings. The Labute approximate surface area is 427 Å². The van der Waals surface area contributed by atoms with Gasteiger partial charge in [0.05, 0.1) is 11.2 Å². The third-order valence-corrected chi connectivity index (χ3v) is 15.6. The molecule has 348 valence electrons. The van der Waals surface area contributed by atoms with E-state index < -0.39 is 0 Å². The summed E-state index contributed by atoms with van der Waals surface area (Å²) < 4.78 is 0. The summed E-state index contributed by atoms with van der Waals surface area (Å²) in [5.74, 6) is 0.703. The second-order valence-corrected chi connectivity index (χ2v) is 22.3. The van der Waals surface area contributed by atoms with Gasteiger partial charge in [-0.15, -0.1) is 0 Å². The summed E-state index contributed by atoms with van der Waals surface area (Å²) in [4.78, 5) is 16.0. The molecular formula is C68H53BN4. The summed E-state index contributed by atoms with van der Waals surface area (Å²) in [6.07, 6.45) is 0. The smallest absolute Gasteiger partial charge is 0.252 e. The van der Waals surface area contributed by atoms with E-state index in [1.807, 2.05) is 0 Å². The lowest BCUT2D eigenvalue weighted by atomic mass is 9.33. The molecule has 0 saturated heterocycles. The molecule has 0 unspecified atom stereocenters. The van der Waals surface area contributed by atoms with E-state index >= 15 is 0 Å². The van der Waals surface area contributed by atoms with E-state index in [0.29, 0.717) is 5.82 Å². The Hall–Kier alpha value is -8.54. The van der Waals surface area contributed by atoms with Crippen molar-refractivity contribution in [2.75, 3.05) is 9.80 Å². The Morgan fingerprint density at radius 3 is 1.32 bits per heavy atom.